The molecule has 0 aromatic carbocycles. The van der Waals surface area contributed by atoms with Crippen molar-refractivity contribution < 1.29 is 4.79 Å². The highest BCUT2D eigenvalue weighted by Gasteiger charge is 2.30. The zero-order chi connectivity index (χ0) is 14.9. The lowest BCUT2D eigenvalue weighted by molar-refractivity contribution is 0.102. The molecule has 0 N–H and O–H groups in total. The van der Waals surface area contributed by atoms with Crippen molar-refractivity contribution in [3.8, 4) is 0 Å². The Balaban J connectivity index is 1.73. The van der Waals surface area contributed by atoms with E-state index in [9.17, 15) is 4.79 Å². The van der Waals surface area contributed by atoms with Crippen molar-refractivity contribution in [3.63, 3.8) is 0 Å². The van der Waals surface area contributed by atoms with Crippen LogP contribution in [0.25, 0.3) is 0 Å². The van der Waals surface area contributed by atoms with Crippen molar-refractivity contribution in [2.45, 2.75) is 50.4 Å². The van der Waals surface area contributed by atoms with Gasteiger partial charge in [-0.25, -0.2) is 0 Å². The molecular formula is C19H20N2O. The van der Waals surface area contributed by atoms with E-state index in [0.717, 1.165) is 11.1 Å². The fourth-order valence-corrected chi connectivity index (χ4v) is 3.42. The first kappa shape index (κ1) is 13.6. The lowest BCUT2D eigenvalue weighted by Gasteiger charge is -2.28. The van der Waals surface area contributed by atoms with Crippen molar-refractivity contribution >= 4 is 5.78 Å². The zero-order valence-electron chi connectivity index (χ0n) is 12.7. The number of nitrogens with zero attached hydrogens (tertiary/aromatic N) is 2. The van der Waals surface area contributed by atoms with Crippen LogP contribution < -0.4 is 0 Å². The van der Waals surface area contributed by atoms with Gasteiger partial charge in [-0.15, -0.1) is 0 Å². The molecule has 2 aliphatic carbocycles. The van der Waals surface area contributed by atoms with E-state index in [1.54, 1.807) is 12.4 Å². The van der Waals surface area contributed by atoms with Gasteiger partial charge in [0.2, 0.25) is 5.78 Å². The maximum Gasteiger partial charge on any atom is 0.230 e. The number of pyridine rings is 2. The van der Waals surface area contributed by atoms with E-state index >= 15 is 0 Å². The van der Waals surface area contributed by atoms with Crippen LogP contribution in [0.15, 0.2) is 36.7 Å². The molecule has 3 nitrogen and oxygen atoms in total. The number of hydrogen-bond donors (Lipinski definition) is 0. The summed E-state index contributed by atoms with van der Waals surface area (Å²) < 4.78 is 0. The van der Waals surface area contributed by atoms with Crippen LogP contribution in [0.4, 0.5) is 0 Å². The predicted octanol–water partition coefficient (Wildman–Crippen LogP) is 4.24. The summed E-state index contributed by atoms with van der Waals surface area (Å²) in [6, 6.07) is 8.01. The molecule has 112 valence electrons. The van der Waals surface area contributed by atoms with Gasteiger partial charge in [-0.05, 0) is 60.8 Å². The number of rotatable bonds is 4. The van der Waals surface area contributed by atoms with Crippen molar-refractivity contribution in [1.29, 1.82) is 0 Å². The average molecular weight is 292 g/mol. The van der Waals surface area contributed by atoms with Crippen LogP contribution >= 0.6 is 0 Å². The van der Waals surface area contributed by atoms with Crippen LogP contribution in [-0.2, 0) is 0 Å². The van der Waals surface area contributed by atoms with Crippen molar-refractivity contribution in [3.05, 3.63) is 59.2 Å². The Morgan fingerprint density at radius 1 is 0.818 bits per heavy atom. The summed E-state index contributed by atoms with van der Waals surface area (Å²) in [5.74, 6) is 1.01. The number of carbonyl (C=O) groups is 1. The largest absolute Gasteiger partial charge is 0.285 e. The van der Waals surface area contributed by atoms with Gasteiger partial charge in [0, 0.05) is 12.4 Å². The molecule has 0 unspecified atom stereocenters. The minimum atomic E-state index is 0.00463. The molecule has 0 bridgehead atoms. The molecule has 22 heavy (non-hydrogen) atoms. The third kappa shape index (κ3) is 2.25. The van der Waals surface area contributed by atoms with Crippen LogP contribution in [0.1, 0.15) is 77.7 Å². The van der Waals surface area contributed by atoms with Gasteiger partial charge in [0.15, 0.2) is 0 Å². The molecule has 2 heterocycles. The molecule has 2 saturated carbocycles. The lowest BCUT2D eigenvalue weighted by atomic mass is 9.77. The summed E-state index contributed by atoms with van der Waals surface area (Å²) in [7, 11) is 0. The van der Waals surface area contributed by atoms with Gasteiger partial charge >= 0.3 is 0 Å². The van der Waals surface area contributed by atoms with Gasteiger partial charge in [0.25, 0.3) is 0 Å². The first-order chi connectivity index (χ1) is 10.8. The molecule has 0 aliphatic heterocycles. The highest BCUT2D eigenvalue weighted by molar-refractivity contribution is 6.08. The van der Waals surface area contributed by atoms with E-state index < -0.39 is 0 Å². The Hall–Kier alpha value is -2.03. The molecule has 2 aliphatic rings. The monoisotopic (exact) mass is 292 g/mol. The maximum absolute atomic E-state index is 13.1. The van der Waals surface area contributed by atoms with E-state index in [1.807, 2.05) is 12.1 Å². The Bertz CT molecular complexity index is 643. The Labute approximate surface area is 130 Å². The van der Waals surface area contributed by atoms with Crippen molar-refractivity contribution in [2.24, 2.45) is 0 Å². The fraction of sp³-hybridized carbons (Fsp3) is 0.421. The molecule has 0 radical (unpaired) electrons. The van der Waals surface area contributed by atoms with Gasteiger partial charge in [-0.2, -0.15) is 0 Å². The standard InChI is InChI=1S/C19H20N2O/c22-19(17-15(9-3-11-20-17)13-5-1-6-13)18-16(10-4-12-21-18)14-7-2-8-14/h3-4,9-14H,1-2,5-8H2. The number of aromatic nitrogens is 2. The van der Waals surface area contributed by atoms with E-state index in [-0.39, 0.29) is 5.78 Å². The summed E-state index contributed by atoms with van der Waals surface area (Å²) in [6.07, 6.45) is 10.6. The minimum absolute atomic E-state index is 0.00463. The molecule has 2 fully saturated rings. The highest BCUT2D eigenvalue weighted by Crippen LogP contribution is 2.40. The summed E-state index contributed by atoms with van der Waals surface area (Å²) in [5, 5.41) is 0. The van der Waals surface area contributed by atoms with Gasteiger partial charge < -0.3 is 0 Å². The number of ketones is 1. The summed E-state index contributed by atoms with van der Waals surface area (Å²) in [4.78, 5) is 21.9. The second-order valence-corrected chi connectivity index (χ2v) is 6.47. The fourth-order valence-electron chi connectivity index (χ4n) is 3.42. The second kappa shape index (κ2) is 5.64. The molecule has 3 heteroatoms. The molecule has 2 aromatic rings. The first-order valence-corrected chi connectivity index (χ1v) is 8.29. The van der Waals surface area contributed by atoms with E-state index in [1.165, 1.54) is 38.5 Å². The molecule has 0 atom stereocenters. The normalized spacial score (nSPS) is 18.5. The molecule has 0 saturated heterocycles. The topological polar surface area (TPSA) is 42.9 Å². The van der Waals surface area contributed by atoms with E-state index in [4.69, 9.17) is 0 Å². The first-order valence-electron chi connectivity index (χ1n) is 8.29. The lowest BCUT2D eigenvalue weighted by Crippen LogP contribution is -2.20. The van der Waals surface area contributed by atoms with Gasteiger partial charge in [-0.3, -0.25) is 14.8 Å². The summed E-state index contributed by atoms with van der Waals surface area (Å²) in [6.45, 7) is 0. The van der Waals surface area contributed by atoms with Crippen LogP contribution in [0.2, 0.25) is 0 Å². The smallest absolute Gasteiger partial charge is 0.230 e. The zero-order valence-corrected chi connectivity index (χ0v) is 12.7. The number of hydrogen-bond acceptors (Lipinski definition) is 3. The third-order valence-corrected chi connectivity index (χ3v) is 5.20. The van der Waals surface area contributed by atoms with E-state index in [0.29, 0.717) is 23.2 Å². The minimum Gasteiger partial charge on any atom is -0.285 e. The Kier molecular flexibility index (Phi) is 3.49. The van der Waals surface area contributed by atoms with Gasteiger partial charge in [-0.1, -0.05) is 25.0 Å². The second-order valence-electron chi connectivity index (χ2n) is 6.47. The summed E-state index contributed by atoms with van der Waals surface area (Å²) in [5.41, 5.74) is 3.46. The average Bonchev–Trinajstić information content (AvgIpc) is 2.44. The predicted molar refractivity (Wildman–Crippen MR) is 85.1 cm³/mol. The quantitative estimate of drug-likeness (QED) is 0.791. The van der Waals surface area contributed by atoms with Crippen molar-refractivity contribution in [2.75, 3.05) is 0 Å². The molecule has 0 amide bonds. The van der Waals surface area contributed by atoms with Gasteiger partial charge in [0.1, 0.15) is 11.4 Å². The molecule has 0 spiro atoms. The summed E-state index contributed by atoms with van der Waals surface area (Å²) >= 11 is 0. The highest BCUT2D eigenvalue weighted by atomic mass is 16.1. The van der Waals surface area contributed by atoms with Crippen molar-refractivity contribution in [1.82, 2.24) is 9.97 Å². The Morgan fingerprint density at radius 2 is 1.27 bits per heavy atom. The van der Waals surface area contributed by atoms with Crippen LogP contribution in [0.5, 0.6) is 0 Å². The van der Waals surface area contributed by atoms with E-state index in [2.05, 4.69) is 22.1 Å². The molecular weight excluding hydrogens is 272 g/mol. The number of carbonyl (C=O) groups excluding carboxylic acids is 1. The van der Waals surface area contributed by atoms with Gasteiger partial charge in [0.05, 0.1) is 0 Å². The molecule has 2 aromatic heterocycles. The molecule has 4 rings (SSSR count). The third-order valence-electron chi connectivity index (χ3n) is 5.20. The van der Waals surface area contributed by atoms with Crippen LogP contribution in [0.3, 0.4) is 0 Å². The van der Waals surface area contributed by atoms with Crippen LogP contribution in [0, 0.1) is 0 Å². The SMILES string of the molecule is O=C(c1ncccc1C1CCC1)c1ncccc1C1CCC1. The maximum atomic E-state index is 13.1. The van der Waals surface area contributed by atoms with Crippen LogP contribution in [-0.4, -0.2) is 15.8 Å². The Morgan fingerprint density at radius 3 is 1.64 bits per heavy atom.